The van der Waals surface area contributed by atoms with Crippen LogP contribution in [0.15, 0.2) is 35.3 Å². The van der Waals surface area contributed by atoms with Crippen molar-refractivity contribution in [2.24, 2.45) is 5.92 Å². The minimum Gasteiger partial charge on any atom is -0.495 e. The molecule has 0 bridgehead atoms. The monoisotopic (exact) mass is 368 g/mol. The number of rotatable bonds is 6. The molecule has 0 spiro atoms. The zero-order valence-corrected chi connectivity index (χ0v) is 15.4. The number of hydrogen-bond acceptors (Lipinski definition) is 5. The van der Waals surface area contributed by atoms with Crippen LogP contribution in [0, 0.1) is 5.92 Å². The van der Waals surface area contributed by atoms with Crippen molar-refractivity contribution in [2.45, 2.75) is 25.2 Å². The molecule has 1 amide bonds. The van der Waals surface area contributed by atoms with Crippen LogP contribution >= 0.6 is 0 Å². The molecule has 1 aromatic carbocycles. The summed E-state index contributed by atoms with van der Waals surface area (Å²) < 4.78 is 5.44. The van der Waals surface area contributed by atoms with Crippen molar-refractivity contribution in [3.8, 4) is 5.75 Å². The second-order valence-corrected chi connectivity index (χ2v) is 7.27. The summed E-state index contributed by atoms with van der Waals surface area (Å²) in [7, 11) is 1.67. The maximum Gasteiger partial charge on any atom is 0.263 e. The number of carbonyl (C=O) groups is 1. The van der Waals surface area contributed by atoms with Gasteiger partial charge in [0.25, 0.3) is 11.5 Å². The highest BCUT2D eigenvalue weighted by molar-refractivity contribution is 5.93. The van der Waals surface area contributed by atoms with Gasteiger partial charge in [0.15, 0.2) is 0 Å². The number of benzene rings is 1. The number of methoxy groups -OCH3 is 1. The van der Waals surface area contributed by atoms with Crippen LogP contribution < -0.4 is 20.5 Å². The minimum absolute atomic E-state index is 0.0824. The highest BCUT2D eigenvalue weighted by atomic mass is 16.5. The number of hydrogen-bond donors (Lipinski definition) is 2. The normalized spacial score (nSPS) is 19.1. The molecule has 1 aliphatic carbocycles. The third-order valence-electron chi connectivity index (χ3n) is 5.29. The third-order valence-corrected chi connectivity index (χ3v) is 5.29. The lowest BCUT2D eigenvalue weighted by molar-refractivity contribution is 0.0946. The molecule has 2 fully saturated rings. The summed E-state index contributed by atoms with van der Waals surface area (Å²) in [6, 6.07) is 7.95. The summed E-state index contributed by atoms with van der Waals surface area (Å²) in [6.45, 7) is 2.29. The third kappa shape index (κ3) is 3.82. The lowest BCUT2D eigenvalue weighted by Gasteiger charge is -2.21. The van der Waals surface area contributed by atoms with Crippen LogP contribution in [0.4, 0.5) is 5.69 Å². The average Bonchev–Trinajstić information content (AvgIpc) is 3.44. The second-order valence-electron chi connectivity index (χ2n) is 7.27. The summed E-state index contributed by atoms with van der Waals surface area (Å²) in [6.07, 6.45) is 4.49. The summed E-state index contributed by atoms with van der Waals surface area (Å²) in [5.74, 6) is 1.88. The largest absolute Gasteiger partial charge is 0.495 e. The Hall–Kier alpha value is -2.83. The lowest BCUT2D eigenvalue weighted by atomic mass is 10.1. The van der Waals surface area contributed by atoms with E-state index in [1.807, 2.05) is 24.3 Å². The average molecular weight is 368 g/mol. The zero-order valence-electron chi connectivity index (χ0n) is 15.4. The molecule has 2 aliphatic rings. The topological polar surface area (TPSA) is 87.3 Å². The predicted molar refractivity (Wildman–Crippen MR) is 102 cm³/mol. The van der Waals surface area contributed by atoms with E-state index in [1.165, 1.54) is 6.20 Å². The summed E-state index contributed by atoms with van der Waals surface area (Å²) in [5, 5.41) is 2.89. The highest BCUT2D eigenvalue weighted by Crippen LogP contribution is 2.37. The molecule has 0 radical (unpaired) electrons. The maximum absolute atomic E-state index is 12.4. The number of aromatic nitrogens is 2. The van der Waals surface area contributed by atoms with Crippen LogP contribution in [0.2, 0.25) is 0 Å². The van der Waals surface area contributed by atoms with E-state index in [2.05, 4.69) is 20.2 Å². The first kappa shape index (κ1) is 17.6. The fourth-order valence-electron chi connectivity index (χ4n) is 3.58. The van der Waals surface area contributed by atoms with E-state index in [-0.39, 0.29) is 17.0 Å². The summed E-state index contributed by atoms with van der Waals surface area (Å²) in [5.41, 5.74) is 0.801. The van der Waals surface area contributed by atoms with Crippen LogP contribution in [0.25, 0.3) is 0 Å². The molecular weight excluding hydrogens is 344 g/mol. The van der Waals surface area contributed by atoms with Gasteiger partial charge in [0, 0.05) is 31.7 Å². The van der Waals surface area contributed by atoms with Crippen molar-refractivity contribution >= 4 is 11.6 Å². The van der Waals surface area contributed by atoms with Gasteiger partial charge in [0.2, 0.25) is 0 Å². The van der Waals surface area contributed by atoms with Crippen molar-refractivity contribution in [2.75, 3.05) is 31.6 Å². The Morgan fingerprint density at radius 2 is 2.15 bits per heavy atom. The molecule has 1 unspecified atom stereocenters. The maximum atomic E-state index is 12.4. The van der Waals surface area contributed by atoms with Gasteiger partial charge in [0.05, 0.1) is 12.8 Å². The first-order chi connectivity index (χ1) is 13.2. The van der Waals surface area contributed by atoms with Crippen LogP contribution in [0.5, 0.6) is 5.75 Å². The SMILES string of the molecule is COc1ccccc1N1CCC(CNC(=O)c2cnc(C3CC3)[nH]c2=O)C1. The molecule has 2 N–H and O–H groups in total. The first-order valence-corrected chi connectivity index (χ1v) is 9.41. The van der Waals surface area contributed by atoms with Gasteiger partial charge in [-0.05, 0) is 37.3 Å². The van der Waals surface area contributed by atoms with Crippen molar-refractivity contribution in [3.05, 3.63) is 52.2 Å². The molecular formula is C20H24N4O3. The van der Waals surface area contributed by atoms with Crippen molar-refractivity contribution in [3.63, 3.8) is 0 Å². The number of anilines is 1. The molecule has 1 saturated heterocycles. The van der Waals surface area contributed by atoms with Gasteiger partial charge in [-0.2, -0.15) is 0 Å². The molecule has 1 atom stereocenters. The van der Waals surface area contributed by atoms with Crippen LogP contribution in [0.3, 0.4) is 0 Å². The molecule has 1 aromatic heterocycles. The van der Waals surface area contributed by atoms with Crippen LogP contribution in [-0.2, 0) is 0 Å². The van der Waals surface area contributed by atoms with Gasteiger partial charge in [-0.15, -0.1) is 0 Å². The molecule has 1 saturated carbocycles. The molecule has 1 aliphatic heterocycles. The van der Waals surface area contributed by atoms with Gasteiger partial charge in [-0.25, -0.2) is 4.98 Å². The fraction of sp³-hybridized carbons (Fsp3) is 0.450. The number of nitrogens with one attached hydrogen (secondary N) is 2. The Balaban J connectivity index is 1.34. The zero-order chi connectivity index (χ0) is 18.8. The van der Waals surface area contributed by atoms with E-state index in [4.69, 9.17) is 4.74 Å². The molecule has 27 heavy (non-hydrogen) atoms. The van der Waals surface area contributed by atoms with Crippen molar-refractivity contribution in [1.29, 1.82) is 0 Å². The predicted octanol–water partition coefficient (Wildman–Crippen LogP) is 1.91. The van der Waals surface area contributed by atoms with Gasteiger partial charge >= 0.3 is 0 Å². The van der Waals surface area contributed by atoms with Gasteiger partial charge in [-0.1, -0.05) is 12.1 Å². The van der Waals surface area contributed by atoms with Gasteiger partial charge < -0.3 is 19.9 Å². The van der Waals surface area contributed by atoms with E-state index >= 15 is 0 Å². The molecule has 2 heterocycles. The first-order valence-electron chi connectivity index (χ1n) is 9.41. The molecule has 4 rings (SSSR count). The summed E-state index contributed by atoms with van der Waals surface area (Å²) in [4.78, 5) is 33.8. The number of para-hydroxylation sites is 2. The Kier molecular flexibility index (Phi) is 4.83. The molecule has 7 nitrogen and oxygen atoms in total. The van der Waals surface area contributed by atoms with Crippen molar-refractivity contribution in [1.82, 2.24) is 15.3 Å². The number of carbonyl (C=O) groups excluding carboxylic acids is 1. The standard InChI is InChI=1S/C20H24N4O3/c1-27-17-5-3-2-4-16(17)24-9-8-13(12-24)10-22-19(25)15-11-21-18(14-6-7-14)23-20(15)26/h2-5,11,13-14H,6-10,12H2,1H3,(H,22,25)(H,21,23,26). The number of amides is 1. The van der Waals surface area contributed by atoms with Crippen LogP contribution in [-0.4, -0.2) is 42.6 Å². The van der Waals surface area contributed by atoms with E-state index in [0.29, 0.717) is 24.2 Å². The fourth-order valence-corrected chi connectivity index (χ4v) is 3.58. The highest BCUT2D eigenvalue weighted by Gasteiger charge is 2.28. The molecule has 7 heteroatoms. The van der Waals surface area contributed by atoms with Crippen LogP contribution in [0.1, 0.15) is 41.4 Å². The van der Waals surface area contributed by atoms with E-state index < -0.39 is 0 Å². The Morgan fingerprint density at radius 1 is 1.33 bits per heavy atom. The molecule has 2 aromatic rings. The van der Waals surface area contributed by atoms with Crippen molar-refractivity contribution < 1.29 is 9.53 Å². The van der Waals surface area contributed by atoms with Gasteiger partial charge in [-0.3, -0.25) is 9.59 Å². The van der Waals surface area contributed by atoms with E-state index in [0.717, 1.165) is 43.8 Å². The number of ether oxygens (including phenoxy) is 1. The Morgan fingerprint density at radius 3 is 2.89 bits per heavy atom. The minimum atomic E-state index is -0.359. The van der Waals surface area contributed by atoms with E-state index in [9.17, 15) is 9.59 Å². The van der Waals surface area contributed by atoms with E-state index in [1.54, 1.807) is 7.11 Å². The Labute approximate surface area is 157 Å². The number of H-pyrrole nitrogens is 1. The molecule has 142 valence electrons. The van der Waals surface area contributed by atoms with Gasteiger partial charge in [0.1, 0.15) is 17.1 Å². The Bertz CT molecular complexity index is 891. The number of aromatic amines is 1. The summed E-state index contributed by atoms with van der Waals surface area (Å²) >= 11 is 0. The quantitative estimate of drug-likeness (QED) is 0.813. The second kappa shape index (κ2) is 7.42. The smallest absolute Gasteiger partial charge is 0.263 e. The number of nitrogens with zero attached hydrogens (tertiary/aromatic N) is 2. The lowest BCUT2D eigenvalue weighted by Crippen LogP contribution is -2.34.